The predicted molar refractivity (Wildman–Crippen MR) is 75.5 cm³/mol. The monoisotopic (exact) mass is 244 g/mol. The molecular formula is C14H20N4. The third-order valence-corrected chi connectivity index (χ3v) is 3.07. The number of hydrogen-bond donors (Lipinski definition) is 2. The van der Waals surface area contributed by atoms with Crippen LogP contribution in [0.4, 0.5) is 5.95 Å². The molecule has 0 saturated carbocycles. The van der Waals surface area contributed by atoms with E-state index in [1.807, 2.05) is 30.5 Å². The summed E-state index contributed by atoms with van der Waals surface area (Å²) >= 11 is 0. The predicted octanol–water partition coefficient (Wildman–Crippen LogP) is 2.42. The van der Waals surface area contributed by atoms with Gasteiger partial charge in [-0.05, 0) is 11.5 Å². The molecular weight excluding hydrogens is 224 g/mol. The maximum Gasteiger partial charge on any atom is 0.223 e. The van der Waals surface area contributed by atoms with E-state index < -0.39 is 0 Å². The number of fused-ring (bicyclic) bond motifs is 1. The molecule has 1 aromatic carbocycles. The van der Waals surface area contributed by atoms with Gasteiger partial charge < -0.3 is 11.1 Å². The van der Waals surface area contributed by atoms with Crippen molar-refractivity contribution >= 4 is 16.9 Å². The maximum atomic E-state index is 5.80. The summed E-state index contributed by atoms with van der Waals surface area (Å²) in [5, 5.41) is 4.36. The first-order chi connectivity index (χ1) is 8.50. The number of nitrogens with zero attached hydrogens (tertiary/aromatic N) is 2. The molecule has 0 aliphatic carbocycles. The van der Waals surface area contributed by atoms with Gasteiger partial charge in [-0.15, -0.1) is 0 Å². The lowest BCUT2D eigenvalue weighted by molar-refractivity contribution is 0.344. The molecule has 3 N–H and O–H groups in total. The van der Waals surface area contributed by atoms with Crippen molar-refractivity contribution in [1.82, 2.24) is 9.97 Å². The van der Waals surface area contributed by atoms with Crippen LogP contribution in [0.5, 0.6) is 0 Å². The second-order valence-electron chi connectivity index (χ2n) is 5.55. The van der Waals surface area contributed by atoms with Crippen LogP contribution in [0.3, 0.4) is 0 Å². The van der Waals surface area contributed by atoms with Crippen LogP contribution in [-0.2, 0) is 0 Å². The molecule has 0 radical (unpaired) electrons. The van der Waals surface area contributed by atoms with E-state index in [4.69, 9.17) is 5.73 Å². The molecule has 0 fully saturated rings. The van der Waals surface area contributed by atoms with Crippen LogP contribution in [0.25, 0.3) is 10.9 Å². The summed E-state index contributed by atoms with van der Waals surface area (Å²) < 4.78 is 0. The minimum Gasteiger partial charge on any atom is -0.350 e. The lowest BCUT2D eigenvalue weighted by Crippen LogP contribution is -2.40. The van der Waals surface area contributed by atoms with Crippen LogP contribution in [0.15, 0.2) is 30.5 Å². The fraction of sp³-hybridized carbons (Fsp3) is 0.429. The zero-order valence-corrected chi connectivity index (χ0v) is 11.1. The number of rotatable bonds is 3. The van der Waals surface area contributed by atoms with Gasteiger partial charge in [0.25, 0.3) is 0 Å². The fourth-order valence-corrected chi connectivity index (χ4v) is 1.83. The molecule has 0 bridgehead atoms. The van der Waals surface area contributed by atoms with Crippen LogP contribution >= 0.6 is 0 Å². The topological polar surface area (TPSA) is 63.8 Å². The van der Waals surface area contributed by atoms with E-state index in [0.29, 0.717) is 12.5 Å². The van der Waals surface area contributed by atoms with Gasteiger partial charge in [-0.25, -0.2) is 9.97 Å². The summed E-state index contributed by atoms with van der Waals surface area (Å²) in [7, 11) is 0. The van der Waals surface area contributed by atoms with Crippen molar-refractivity contribution in [1.29, 1.82) is 0 Å². The van der Waals surface area contributed by atoms with Gasteiger partial charge in [0.1, 0.15) is 0 Å². The number of hydrogen-bond acceptors (Lipinski definition) is 4. The van der Waals surface area contributed by atoms with Gasteiger partial charge in [0.05, 0.1) is 5.52 Å². The van der Waals surface area contributed by atoms with E-state index in [1.54, 1.807) is 0 Å². The Hall–Kier alpha value is -1.68. The Balaban J connectivity index is 2.26. The highest BCUT2D eigenvalue weighted by Crippen LogP contribution is 2.21. The molecule has 0 spiro atoms. The SMILES string of the molecule is CC(C)(C)C(CN)Nc1ncc2ccccc2n1. The first-order valence-corrected chi connectivity index (χ1v) is 6.19. The summed E-state index contributed by atoms with van der Waals surface area (Å²) in [6, 6.07) is 8.10. The molecule has 4 heteroatoms. The number of anilines is 1. The number of nitrogens with two attached hydrogens (primary N) is 1. The smallest absolute Gasteiger partial charge is 0.223 e. The molecule has 0 saturated heterocycles. The Labute approximate surface area is 108 Å². The van der Waals surface area contributed by atoms with Crippen LogP contribution in [0.1, 0.15) is 20.8 Å². The van der Waals surface area contributed by atoms with Gasteiger partial charge in [-0.1, -0.05) is 39.0 Å². The van der Waals surface area contributed by atoms with Crippen LogP contribution < -0.4 is 11.1 Å². The quantitative estimate of drug-likeness (QED) is 0.870. The highest BCUT2D eigenvalue weighted by atomic mass is 15.1. The Morgan fingerprint density at radius 3 is 2.67 bits per heavy atom. The van der Waals surface area contributed by atoms with Gasteiger partial charge in [0, 0.05) is 24.2 Å². The van der Waals surface area contributed by atoms with Gasteiger partial charge in [-0.3, -0.25) is 0 Å². The average molecular weight is 244 g/mol. The van der Waals surface area contributed by atoms with E-state index in [2.05, 4.69) is 36.1 Å². The lowest BCUT2D eigenvalue weighted by Gasteiger charge is -2.30. The molecule has 2 aromatic rings. The third kappa shape index (κ3) is 2.76. The van der Waals surface area contributed by atoms with Crippen molar-refractivity contribution in [2.24, 2.45) is 11.1 Å². The van der Waals surface area contributed by atoms with Crippen molar-refractivity contribution in [3.8, 4) is 0 Å². The van der Waals surface area contributed by atoms with E-state index in [-0.39, 0.29) is 11.5 Å². The van der Waals surface area contributed by atoms with E-state index in [0.717, 1.165) is 10.9 Å². The fourth-order valence-electron chi connectivity index (χ4n) is 1.83. The Kier molecular flexibility index (Phi) is 3.48. The van der Waals surface area contributed by atoms with Crippen molar-refractivity contribution in [3.63, 3.8) is 0 Å². The minimum absolute atomic E-state index is 0.0732. The summed E-state index contributed by atoms with van der Waals surface area (Å²) in [4.78, 5) is 8.83. The molecule has 1 heterocycles. The van der Waals surface area contributed by atoms with E-state index in [1.165, 1.54) is 0 Å². The molecule has 96 valence electrons. The second kappa shape index (κ2) is 4.90. The summed E-state index contributed by atoms with van der Waals surface area (Å²) in [6.07, 6.45) is 1.83. The largest absolute Gasteiger partial charge is 0.350 e. The highest BCUT2D eigenvalue weighted by Gasteiger charge is 2.23. The first-order valence-electron chi connectivity index (χ1n) is 6.19. The zero-order valence-electron chi connectivity index (χ0n) is 11.1. The van der Waals surface area contributed by atoms with Crippen molar-refractivity contribution < 1.29 is 0 Å². The van der Waals surface area contributed by atoms with Crippen LogP contribution in [-0.4, -0.2) is 22.6 Å². The Bertz CT molecular complexity index is 531. The zero-order chi connectivity index (χ0) is 13.2. The van der Waals surface area contributed by atoms with E-state index >= 15 is 0 Å². The van der Waals surface area contributed by atoms with Gasteiger partial charge in [0.2, 0.25) is 5.95 Å². The minimum atomic E-state index is 0.0732. The molecule has 0 amide bonds. The van der Waals surface area contributed by atoms with Gasteiger partial charge >= 0.3 is 0 Å². The van der Waals surface area contributed by atoms with E-state index in [9.17, 15) is 0 Å². The second-order valence-corrected chi connectivity index (χ2v) is 5.55. The van der Waals surface area contributed by atoms with Crippen molar-refractivity contribution in [2.45, 2.75) is 26.8 Å². The van der Waals surface area contributed by atoms with Crippen molar-refractivity contribution in [2.75, 3.05) is 11.9 Å². The molecule has 1 aromatic heterocycles. The Morgan fingerprint density at radius 1 is 1.28 bits per heavy atom. The van der Waals surface area contributed by atoms with Gasteiger partial charge in [-0.2, -0.15) is 0 Å². The lowest BCUT2D eigenvalue weighted by atomic mass is 9.87. The Morgan fingerprint density at radius 2 is 2.00 bits per heavy atom. The highest BCUT2D eigenvalue weighted by molar-refractivity contribution is 5.78. The number of benzene rings is 1. The first kappa shape index (κ1) is 12.8. The molecule has 1 unspecified atom stereocenters. The maximum absolute atomic E-state index is 5.80. The molecule has 2 rings (SSSR count). The number of nitrogens with one attached hydrogen (secondary N) is 1. The van der Waals surface area contributed by atoms with Crippen molar-refractivity contribution in [3.05, 3.63) is 30.5 Å². The normalized spacial score (nSPS) is 13.6. The molecule has 1 atom stereocenters. The standard InChI is InChI=1S/C14H20N4/c1-14(2,3)12(8-15)18-13-16-9-10-6-4-5-7-11(10)17-13/h4-7,9,12H,8,15H2,1-3H3,(H,16,17,18). The molecule has 4 nitrogen and oxygen atoms in total. The molecule has 18 heavy (non-hydrogen) atoms. The van der Waals surface area contributed by atoms with Crippen LogP contribution in [0.2, 0.25) is 0 Å². The molecule has 0 aliphatic rings. The summed E-state index contributed by atoms with van der Waals surface area (Å²) in [6.45, 7) is 7.01. The van der Waals surface area contributed by atoms with Gasteiger partial charge in [0.15, 0.2) is 0 Å². The summed E-state index contributed by atoms with van der Waals surface area (Å²) in [5.74, 6) is 0.638. The summed E-state index contributed by atoms with van der Waals surface area (Å²) in [5.41, 5.74) is 6.82. The average Bonchev–Trinajstić information content (AvgIpc) is 2.34. The molecule has 0 aliphatic heterocycles. The third-order valence-electron chi connectivity index (χ3n) is 3.07. The number of para-hydroxylation sites is 1. The van der Waals surface area contributed by atoms with Crippen LogP contribution in [0, 0.1) is 5.41 Å². The number of aromatic nitrogens is 2.